The number of hydrogen-bond donors (Lipinski definition) is 2. The number of benzene rings is 2. The molecule has 5 heteroatoms. The Morgan fingerprint density at radius 3 is 2.89 bits per heavy atom. The van der Waals surface area contributed by atoms with Gasteiger partial charge in [0, 0.05) is 31.6 Å². The van der Waals surface area contributed by atoms with E-state index in [1.165, 1.54) is 6.07 Å². The Morgan fingerprint density at radius 2 is 2.07 bits per heavy atom. The molecule has 1 heterocycles. The van der Waals surface area contributed by atoms with Crippen molar-refractivity contribution in [3.05, 3.63) is 65.5 Å². The van der Waals surface area contributed by atoms with Gasteiger partial charge in [-0.3, -0.25) is 9.69 Å². The van der Waals surface area contributed by atoms with E-state index in [0.717, 1.165) is 44.5 Å². The summed E-state index contributed by atoms with van der Waals surface area (Å²) in [6, 6.07) is 13.9. The molecule has 144 valence electrons. The fraction of sp³-hybridized carbons (Fsp3) is 0.409. The zero-order valence-corrected chi connectivity index (χ0v) is 15.5. The van der Waals surface area contributed by atoms with E-state index in [-0.39, 0.29) is 18.3 Å². The summed E-state index contributed by atoms with van der Waals surface area (Å²) in [4.78, 5) is 14.5. The average molecular weight is 370 g/mol. The highest BCUT2D eigenvalue weighted by atomic mass is 19.1. The number of carbonyl (C=O) groups is 1. The summed E-state index contributed by atoms with van der Waals surface area (Å²) < 4.78 is 13.6. The van der Waals surface area contributed by atoms with Crippen molar-refractivity contribution in [1.29, 1.82) is 0 Å². The Hall–Kier alpha value is -2.40. The van der Waals surface area contributed by atoms with E-state index in [1.54, 1.807) is 30.3 Å². The molecule has 27 heavy (non-hydrogen) atoms. The van der Waals surface area contributed by atoms with Crippen molar-refractivity contribution < 1.29 is 14.3 Å². The first-order valence-electron chi connectivity index (χ1n) is 9.60. The summed E-state index contributed by atoms with van der Waals surface area (Å²) in [5.74, 6) is 0.485. The number of piperidine rings is 1. The summed E-state index contributed by atoms with van der Waals surface area (Å²) in [5, 5.41) is 12.4. The molecule has 1 atom stereocenters. The van der Waals surface area contributed by atoms with Crippen LogP contribution in [0.1, 0.15) is 36.8 Å². The molecule has 1 saturated heterocycles. The topological polar surface area (TPSA) is 52.6 Å². The number of hydrogen-bond acceptors (Lipinski definition) is 3. The molecular formula is C22H27FN2O2. The van der Waals surface area contributed by atoms with Gasteiger partial charge in [0.2, 0.25) is 5.91 Å². The van der Waals surface area contributed by atoms with Gasteiger partial charge in [-0.25, -0.2) is 4.39 Å². The van der Waals surface area contributed by atoms with Crippen LogP contribution in [0.5, 0.6) is 5.75 Å². The second-order valence-corrected chi connectivity index (χ2v) is 7.32. The maximum Gasteiger partial charge on any atom is 0.220 e. The van der Waals surface area contributed by atoms with Crippen molar-refractivity contribution in [3.63, 3.8) is 0 Å². The highest BCUT2D eigenvalue weighted by Gasteiger charge is 2.20. The Balaban J connectivity index is 1.41. The molecule has 0 spiro atoms. The van der Waals surface area contributed by atoms with Crippen LogP contribution < -0.4 is 5.32 Å². The summed E-state index contributed by atoms with van der Waals surface area (Å²) in [5.41, 5.74) is 1.62. The molecule has 3 rings (SSSR count). The van der Waals surface area contributed by atoms with E-state index in [4.69, 9.17) is 0 Å². The molecule has 2 aromatic carbocycles. The van der Waals surface area contributed by atoms with Gasteiger partial charge >= 0.3 is 0 Å². The summed E-state index contributed by atoms with van der Waals surface area (Å²) in [6.45, 7) is 3.08. The Morgan fingerprint density at radius 1 is 1.22 bits per heavy atom. The maximum atomic E-state index is 13.6. The van der Waals surface area contributed by atoms with Gasteiger partial charge in [-0.05, 0) is 55.5 Å². The molecule has 0 bridgehead atoms. The van der Waals surface area contributed by atoms with Crippen LogP contribution in [-0.2, 0) is 17.9 Å². The number of halogens is 1. The van der Waals surface area contributed by atoms with Gasteiger partial charge in [0.1, 0.15) is 11.6 Å². The molecule has 1 aliphatic rings. The van der Waals surface area contributed by atoms with Crippen LogP contribution in [0.4, 0.5) is 4.39 Å². The lowest BCUT2D eigenvalue weighted by atomic mass is 9.93. The monoisotopic (exact) mass is 370 g/mol. The Labute approximate surface area is 160 Å². The van der Waals surface area contributed by atoms with E-state index in [1.807, 2.05) is 12.1 Å². The molecular weight excluding hydrogens is 343 g/mol. The molecule has 0 saturated carbocycles. The quantitative estimate of drug-likeness (QED) is 0.779. The lowest BCUT2D eigenvalue weighted by Gasteiger charge is -2.32. The minimum atomic E-state index is -0.285. The highest BCUT2D eigenvalue weighted by Crippen LogP contribution is 2.23. The number of carbonyl (C=O) groups excluding carboxylic acids is 1. The number of aromatic hydroxyl groups is 1. The SMILES string of the molecule is O=C(CC[C@H]1CCCN(Cc2cccc(O)c2)C1)NCc1ccccc1F. The summed E-state index contributed by atoms with van der Waals surface area (Å²) in [7, 11) is 0. The second kappa shape index (κ2) is 9.51. The lowest BCUT2D eigenvalue weighted by Crippen LogP contribution is -2.35. The molecule has 2 N–H and O–H groups in total. The smallest absolute Gasteiger partial charge is 0.220 e. The first-order valence-corrected chi connectivity index (χ1v) is 9.60. The predicted octanol–water partition coefficient (Wildman–Crippen LogP) is 3.84. The second-order valence-electron chi connectivity index (χ2n) is 7.32. The van der Waals surface area contributed by atoms with Crippen LogP contribution in [0.25, 0.3) is 0 Å². The third kappa shape index (κ3) is 6.07. The van der Waals surface area contributed by atoms with Gasteiger partial charge in [0.15, 0.2) is 0 Å². The molecule has 1 amide bonds. The van der Waals surface area contributed by atoms with Gasteiger partial charge < -0.3 is 10.4 Å². The van der Waals surface area contributed by atoms with Crippen molar-refractivity contribution in [1.82, 2.24) is 10.2 Å². The van der Waals surface area contributed by atoms with Crippen LogP contribution >= 0.6 is 0 Å². The Bertz CT molecular complexity index is 765. The third-order valence-corrected chi connectivity index (χ3v) is 5.13. The van der Waals surface area contributed by atoms with Crippen LogP contribution in [0.2, 0.25) is 0 Å². The molecule has 0 aliphatic carbocycles. The van der Waals surface area contributed by atoms with Crippen LogP contribution in [0, 0.1) is 11.7 Å². The predicted molar refractivity (Wildman–Crippen MR) is 104 cm³/mol. The van der Waals surface area contributed by atoms with Gasteiger partial charge in [-0.2, -0.15) is 0 Å². The number of rotatable bonds is 7. The fourth-order valence-corrected chi connectivity index (χ4v) is 3.70. The minimum absolute atomic E-state index is 0.0247. The highest BCUT2D eigenvalue weighted by molar-refractivity contribution is 5.75. The zero-order valence-electron chi connectivity index (χ0n) is 15.5. The van der Waals surface area contributed by atoms with Gasteiger partial charge in [0.25, 0.3) is 0 Å². The van der Waals surface area contributed by atoms with Crippen molar-refractivity contribution in [3.8, 4) is 5.75 Å². The fourth-order valence-electron chi connectivity index (χ4n) is 3.70. The molecule has 1 aliphatic heterocycles. The number of likely N-dealkylation sites (tertiary alicyclic amines) is 1. The van der Waals surface area contributed by atoms with Crippen molar-refractivity contribution >= 4 is 5.91 Å². The number of amides is 1. The van der Waals surface area contributed by atoms with Gasteiger partial charge in [-0.15, -0.1) is 0 Å². The Kier molecular flexibility index (Phi) is 6.82. The van der Waals surface area contributed by atoms with E-state index in [2.05, 4.69) is 10.2 Å². The maximum absolute atomic E-state index is 13.6. The third-order valence-electron chi connectivity index (χ3n) is 5.13. The first-order chi connectivity index (χ1) is 13.1. The molecule has 2 aromatic rings. The van der Waals surface area contributed by atoms with Crippen LogP contribution in [0.15, 0.2) is 48.5 Å². The van der Waals surface area contributed by atoms with Crippen molar-refractivity contribution in [2.75, 3.05) is 13.1 Å². The van der Waals surface area contributed by atoms with Crippen LogP contribution in [-0.4, -0.2) is 29.0 Å². The molecule has 4 nitrogen and oxygen atoms in total. The normalized spacial score (nSPS) is 17.6. The summed E-state index contributed by atoms with van der Waals surface area (Å²) in [6.07, 6.45) is 3.58. The van der Waals surface area contributed by atoms with Crippen molar-refractivity contribution in [2.45, 2.75) is 38.8 Å². The van der Waals surface area contributed by atoms with Crippen LogP contribution in [0.3, 0.4) is 0 Å². The largest absolute Gasteiger partial charge is 0.508 e. The van der Waals surface area contributed by atoms with E-state index in [9.17, 15) is 14.3 Å². The standard InChI is InChI=1S/C22H27FN2O2/c23-21-9-2-1-7-19(21)14-24-22(27)11-10-17-6-4-12-25(15-17)16-18-5-3-8-20(26)13-18/h1-3,5,7-9,13,17,26H,4,6,10-12,14-16H2,(H,24,27)/t17-/m1/s1. The zero-order chi connectivity index (χ0) is 19.1. The summed E-state index contributed by atoms with van der Waals surface area (Å²) >= 11 is 0. The number of nitrogens with zero attached hydrogens (tertiary/aromatic N) is 1. The van der Waals surface area contributed by atoms with E-state index >= 15 is 0 Å². The van der Waals surface area contributed by atoms with E-state index < -0.39 is 0 Å². The minimum Gasteiger partial charge on any atom is -0.508 e. The molecule has 0 radical (unpaired) electrons. The molecule has 0 aromatic heterocycles. The van der Waals surface area contributed by atoms with Gasteiger partial charge in [-0.1, -0.05) is 30.3 Å². The van der Waals surface area contributed by atoms with Crippen molar-refractivity contribution in [2.24, 2.45) is 5.92 Å². The van der Waals surface area contributed by atoms with Gasteiger partial charge in [0.05, 0.1) is 0 Å². The number of phenolic OH excluding ortho intramolecular Hbond substituents is 1. The molecule has 1 fully saturated rings. The number of nitrogens with one attached hydrogen (secondary N) is 1. The lowest BCUT2D eigenvalue weighted by molar-refractivity contribution is -0.121. The molecule has 0 unspecified atom stereocenters. The first kappa shape index (κ1) is 19.4. The van der Waals surface area contributed by atoms with E-state index in [0.29, 0.717) is 23.7 Å². The number of phenols is 1. The average Bonchev–Trinajstić information content (AvgIpc) is 2.66.